The zero-order valence-electron chi connectivity index (χ0n) is 17.7. The largest absolute Gasteiger partial charge is 0.469 e. The minimum absolute atomic E-state index is 0.164. The van der Waals surface area contributed by atoms with Crippen LogP contribution in [-0.4, -0.2) is 16.4 Å². The van der Waals surface area contributed by atoms with Crippen LogP contribution in [0.4, 0.5) is 0 Å². The Morgan fingerprint density at radius 3 is 1.41 bits per heavy atom. The molecule has 0 atom stereocenters. The third kappa shape index (κ3) is 25.8. The Labute approximate surface area is 168 Å². The van der Waals surface area contributed by atoms with Crippen molar-refractivity contribution in [2.45, 2.75) is 122 Å². The van der Waals surface area contributed by atoms with E-state index < -0.39 is 7.82 Å². The summed E-state index contributed by atoms with van der Waals surface area (Å²) in [7, 11) is -4.26. The van der Waals surface area contributed by atoms with E-state index in [-0.39, 0.29) is 6.61 Å². The van der Waals surface area contributed by atoms with E-state index in [2.05, 4.69) is 23.6 Å². The van der Waals surface area contributed by atoms with Crippen molar-refractivity contribution in [1.29, 1.82) is 0 Å². The summed E-state index contributed by atoms with van der Waals surface area (Å²) >= 11 is 0. The zero-order chi connectivity index (χ0) is 20.1. The topological polar surface area (TPSA) is 66.8 Å². The Kier molecular flexibility index (Phi) is 20.5. The lowest BCUT2D eigenvalue weighted by Gasteiger charge is -2.05. The SMILES string of the molecule is CCCCCCCCC=CCCCCCCCCCCCCOP(=O)(O)O. The minimum atomic E-state index is -4.26. The lowest BCUT2D eigenvalue weighted by atomic mass is 10.1. The Balaban J connectivity index is 3.10. The summed E-state index contributed by atoms with van der Waals surface area (Å²) in [5, 5.41) is 0. The van der Waals surface area contributed by atoms with Gasteiger partial charge in [-0.25, -0.2) is 4.57 Å². The minimum Gasteiger partial charge on any atom is -0.303 e. The van der Waals surface area contributed by atoms with Crippen LogP contribution in [-0.2, 0) is 9.09 Å². The summed E-state index contributed by atoms with van der Waals surface area (Å²) in [5.74, 6) is 0. The van der Waals surface area contributed by atoms with Gasteiger partial charge in [-0.1, -0.05) is 103 Å². The van der Waals surface area contributed by atoms with Gasteiger partial charge in [-0.3, -0.25) is 4.52 Å². The first-order valence-electron chi connectivity index (χ1n) is 11.4. The molecule has 0 aromatic heterocycles. The molecule has 4 nitrogen and oxygen atoms in total. The number of rotatable bonds is 21. The van der Waals surface area contributed by atoms with Gasteiger partial charge in [0.05, 0.1) is 6.61 Å². The molecule has 2 N–H and O–H groups in total. The van der Waals surface area contributed by atoms with Crippen molar-refractivity contribution in [2.75, 3.05) is 6.61 Å². The van der Waals surface area contributed by atoms with Crippen LogP contribution in [0.2, 0.25) is 0 Å². The van der Waals surface area contributed by atoms with Gasteiger partial charge in [0.1, 0.15) is 0 Å². The normalized spacial score (nSPS) is 12.3. The van der Waals surface area contributed by atoms with E-state index in [0.717, 1.165) is 19.3 Å². The van der Waals surface area contributed by atoms with Gasteiger partial charge in [-0.2, -0.15) is 0 Å². The van der Waals surface area contributed by atoms with Crippen LogP contribution in [0.5, 0.6) is 0 Å². The molecule has 0 aliphatic rings. The highest BCUT2D eigenvalue weighted by Crippen LogP contribution is 2.35. The molecule has 0 unspecified atom stereocenters. The molecule has 0 aliphatic heterocycles. The van der Waals surface area contributed by atoms with Crippen molar-refractivity contribution in [3.05, 3.63) is 12.2 Å². The summed E-state index contributed by atoms with van der Waals surface area (Å²) in [6.45, 7) is 2.43. The fourth-order valence-electron chi connectivity index (χ4n) is 3.24. The molecule has 0 saturated heterocycles. The molecule has 0 heterocycles. The van der Waals surface area contributed by atoms with Gasteiger partial charge in [0, 0.05) is 0 Å². The van der Waals surface area contributed by atoms with Gasteiger partial charge < -0.3 is 9.79 Å². The fraction of sp³-hybridized carbons (Fsp3) is 0.909. The Hall–Kier alpha value is -0.150. The first-order valence-corrected chi connectivity index (χ1v) is 12.9. The van der Waals surface area contributed by atoms with Gasteiger partial charge >= 0.3 is 7.82 Å². The summed E-state index contributed by atoms with van der Waals surface area (Å²) in [6.07, 6.45) is 27.6. The van der Waals surface area contributed by atoms with Crippen LogP contribution >= 0.6 is 7.82 Å². The molecule has 0 bridgehead atoms. The molecule has 5 heteroatoms. The van der Waals surface area contributed by atoms with Gasteiger partial charge in [0.15, 0.2) is 0 Å². The second kappa shape index (κ2) is 20.6. The van der Waals surface area contributed by atoms with E-state index in [4.69, 9.17) is 9.79 Å². The highest BCUT2D eigenvalue weighted by atomic mass is 31.2. The Morgan fingerprint density at radius 1 is 0.630 bits per heavy atom. The van der Waals surface area contributed by atoms with Crippen molar-refractivity contribution in [3.63, 3.8) is 0 Å². The molecule has 0 aromatic rings. The molecule has 0 radical (unpaired) electrons. The van der Waals surface area contributed by atoms with Crippen LogP contribution in [0.3, 0.4) is 0 Å². The third-order valence-corrected chi connectivity index (χ3v) is 5.43. The van der Waals surface area contributed by atoms with E-state index in [1.54, 1.807) is 0 Å². The maximum absolute atomic E-state index is 10.5. The number of hydrogen-bond donors (Lipinski definition) is 2. The predicted molar refractivity (Wildman–Crippen MR) is 116 cm³/mol. The van der Waals surface area contributed by atoms with E-state index in [1.807, 2.05) is 0 Å². The number of unbranched alkanes of at least 4 members (excludes halogenated alkanes) is 16. The maximum atomic E-state index is 10.5. The van der Waals surface area contributed by atoms with Crippen LogP contribution in [0.15, 0.2) is 12.2 Å². The second-order valence-electron chi connectivity index (χ2n) is 7.68. The summed E-state index contributed by atoms with van der Waals surface area (Å²) in [6, 6.07) is 0. The highest BCUT2D eigenvalue weighted by molar-refractivity contribution is 7.46. The molecule has 27 heavy (non-hydrogen) atoms. The van der Waals surface area contributed by atoms with Crippen LogP contribution in [0.25, 0.3) is 0 Å². The average Bonchev–Trinajstić information content (AvgIpc) is 2.62. The molecule has 0 aliphatic carbocycles. The van der Waals surface area contributed by atoms with Gasteiger partial charge in [0.25, 0.3) is 0 Å². The van der Waals surface area contributed by atoms with Crippen molar-refractivity contribution >= 4 is 7.82 Å². The van der Waals surface area contributed by atoms with Gasteiger partial charge in [-0.05, 0) is 32.1 Å². The van der Waals surface area contributed by atoms with Gasteiger partial charge in [-0.15, -0.1) is 0 Å². The van der Waals surface area contributed by atoms with E-state index in [1.165, 1.54) is 96.3 Å². The smallest absolute Gasteiger partial charge is 0.303 e. The van der Waals surface area contributed by atoms with Crippen LogP contribution in [0, 0.1) is 0 Å². The molecular formula is C22H45O4P. The van der Waals surface area contributed by atoms with Crippen LogP contribution in [0.1, 0.15) is 122 Å². The van der Waals surface area contributed by atoms with Crippen molar-refractivity contribution in [3.8, 4) is 0 Å². The standard InChI is InChI=1S/C22H45O4P/c1-2-3-4-5-6-7-8-9-10-11-12-13-14-15-16-17-18-19-20-21-22-26-27(23,24)25/h9-10H,2-8,11-22H2,1H3,(H2,23,24,25). The van der Waals surface area contributed by atoms with Crippen molar-refractivity contribution in [1.82, 2.24) is 0 Å². The first kappa shape index (κ1) is 26.9. The molecular weight excluding hydrogens is 359 g/mol. The number of hydrogen-bond acceptors (Lipinski definition) is 2. The molecule has 0 amide bonds. The first-order chi connectivity index (χ1) is 13.1. The molecule has 0 aromatic carbocycles. The molecule has 0 saturated carbocycles. The third-order valence-electron chi connectivity index (χ3n) is 4.92. The molecule has 0 fully saturated rings. The lowest BCUT2D eigenvalue weighted by Crippen LogP contribution is -1.92. The quantitative estimate of drug-likeness (QED) is 0.117. The number of phosphoric ester groups is 1. The summed E-state index contributed by atoms with van der Waals surface area (Å²) in [5.41, 5.74) is 0. The molecule has 0 spiro atoms. The maximum Gasteiger partial charge on any atom is 0.469 e. The predicted octanol–water partition coefficient (Wildman–Crippen LogP) is 7.69. The number of phosphoric acid groups is 1. The average molecular weight is 405 g/mol. The van der Waals surface area contributed by atoms with Crippen molar-refractivity contribution < 1.29 is 18.9 Å². The Morgan fingerprint density at radius 2 is 1.00 bits per heavy atom. The fourth-order valence-corrected chi connectivity index (χ4v) is 3.61. The molecule has 0 rings (SSSR count). The lowest BCUT2D eigenvalue weighted by molar-refractivity contribution is 0.193. The monoisotopic (exact) mass is 404 g/mol. The summed E-state index contributed by atoms with van der Waals surface area (Å²) < 4.78 is 14.9. The number of allylic oxidation sites excluding steroid dienone is 2. The molecule has 162 valence electrons. The second-order valence-corrected chi connectivity index (χ2v) is 8.92. The van der Waals surface area contributed by atoms with Crippen LogP contribution < -0.4 is 0 Å². The van der Waals surface area contributed by atoms with E-state index >= 15 is 0 Å². The van der Waals surface area contributed by atoms with E-state index in [0.29, 0.717) is 0 Å². The highest BCUT2D eigenvalue weighted by Gasteiger charge is 2.12. The Bertz CT molecular complexity index is 365. The van der Waals surface area contributed by atoms with Gasteiger partial charge in [0.2, 0.25) is 0 Å². The zero-order valence-corrected chi connectivity index (χ0v) is 18.6. The van der Waals surface area contributed by atoms with Crippen molar-refractivity contribution in [2.24, 2.45) is 0 Å². The summed E-state index contributed by atoms with van der Waals surface area (Å²) in [4.78, 5) is 17.1. The van der Waals surface area contributed by atoms with E-state index in [9.17, 15) is 4.57 Å².